The lowest BCUT2D eigenvalue weighted by Crippen LogP contribution is -2.56. The molecule has 0 atom stereocenters. The van der Waals surface area contributed by atoms with Crippen LogP contribution in [-0.4, -0.2) is 80.0 Å². The lowest BCUT2D eigenvalue weighted by molar-refractivity contribution is 0.0687. The fourth-order valence-corrected chi connectivity index (χ4v) is 4.62. The molecule has 3 heterocycles. The van der Waals surface area contributed by atoms with Gasteiger partial charge in [0.15, 0.2) is 11.0 Å². The Labute approximate surface area is 189 Å². The average molecular weight is 456 g/mol. The molecule has 2 aromatic heterocycles. The van der Waals surface area contributed by atoms with E-state index in [9.17, 15) is 19.9 Å². The molecule has 1 saturated heterocycles. The number of benzene rings is 1. The van der Waals surface area contributed by atoms with Gasteiger partial charge in [0.2, 0.25) is 0 Å². The molecule has 168 valence electrons. The number of carbonyl (C=O) groups excluding carboxylic acids is 1. The summed E-state index contributed by atoms with van der Waals surface area (Å²) in [4.78, 5) is 31.3. The number of thiazole rings is 1. The predicted molar refractivity (Wildman–Crippen MR) is 123 cm³/mol. The first-order chi connectivity index (χ1) is 15.1. The zero-order valence-corrected chi connectivity index (χ0v) is 19.2. The van der Waals surface area contributed by atoms with Crippen LogP contribution >= 0.6 is 11.3 Å². The predicted octanol–water partition coefficient (Wildman–Crippen LogP) is 0.769. The van der Waals surface area contributed by atoms with Crippen molar-refractivity contribution >= 4 is 45.3 Å². The number of urea groups is 1. The Bertz CT molecular complexity index is 1150. The smallest absolute Gasteiger partial charge is 0.423 e. The van der Waals surface area contributed by atoms with Crippen LogP contribution in [0.15, 0.2) is 24.5 Å². The van der Waals surface area contributed by atoms with Crippen molar-refractivity contribution in [2.45, 2.75) is 26.4 Å². The molecule has 32 heavy (non-hydrogen) atoms. The highest BCUT2D eigenvalue weighted by atomic mass is 32.1. The SMILES string of the molecule is CCN1CN(C)CN(c2nc3cc(-c4cnc(C(C)(C)O)nc4)cc(B(O)O)c3s2)C1=O. The number of nitrogens with zero attached hydrogens (tertiary/aromatic N) is 6. The quantitative estimate of drug-likeness (QED) is 0.481. The molecule has 0 bridgehead atoms. The Morgan fingerprint density at radius 1 is 1.16 bits per heavy atom. The van der Waals surface area contributed by atoms with Gasteiger partial charge in [0.25, 0.3) is 0 Å². The third kappa shape index (κ3) is 4.19. The summed E-state index contributed by atoms with van der Waals surface area (Å²) in [6.45, 7) is 6.64. The maximum Gasteiger partial charge on any atom is 0.489 e. The molecule has 0 radical (unpaired) electrons. The van der Waals surface area contributed by atoms with Crippen molar-refractivity contribution in [3.8, 4) is 11.1 Å². The summed E-state index contributed by atoms with van der Waals surface area (Å²) in [7, 11) is 0.211. The molecule has 1 aliphatic rings. The summed E-state index contributed by atoms with van der Waals surface area (Å²) in [5, 5.41) is 30.6. The second-order valence-corrected chi connectivity index (χ2v) is 9.32. The standard InChI is InChI=1S/C20H25BN6O4S/c1-5-26-10-25(4)11-27(19(26)28)18-24-15-7-12(6-14(21(30)31)16(15)32-18)13-8-22-17(23-9-13)20(2,3)29/h6-9,29-31H,5,10-11H2,1-4H3. The van der Waals surface area contributed by atoms with Crippen molar-refractivity contribution in [1.29, 1.82) is 0 Å². The molecule has 0 unspecified atom stereocenters. The van der Waals surface area contributed by atoms with Crippen LogP contribution in [0.1, 0.15) is 26.6 Å². The minimum atomic E-state index is -1.71. The lowest BCUT2D eigenvalue weighted by atomic mass is 9.79. The van der Waals surface area contributed by atoms with Gasteiger partial charge < -0.3 is 20.1 Å². The molecular formula is C20H25BN6O4S. The van der Waals surface area contributed by atoms with Crippen LogP contribution in [0.3, 0.4) is 0 Å². The van der Waals surface area contributed by atoms with Crippen LogP contribution < -0.4 is 10.4 Å². The number of fused-ring (bicyclic) bond motifs is 1. The summed E-state index contributed by atoms with van der Waals surface area (Å²) in [5.74, 6) is 0.286. The van der Waals surface area contributed by atoms with Gasteiger partial charge in [0.1, 0.15) is 5.60 Å². The third-order valence-corrected chi connectivity index (χ3v) is 6.37. The van der Waals surface area contributed by atoms with Gasteiger partial charge in [-0.25, -0.2) is 19.7 Å². The fourth-order valence-electron chi connectivity index (χ4n) is 3.56. The van der Waals surface area contributed by atoms with E-state index in [2.05, 4.69) is 15.0 Å². The van der Waals surface area contributed by atoms with E-state index in [0.717, 1.165) is 0 Å². The van der Waals surface area contributed by atoms with Crippen molar-refractivity contribution in [3.63, 3.8) is 0 Å². The van der Waals surface area contributed by atoms with Crippen molar-refractivity contribution in [2.24, 2.45) is 0 Å². The zero-order chi connectivity index (χ0) is 23.2. The molecule has 0 spiro atoms. The first kappa shape index (κ1) is 22.6. The van der Waals surface area contributed by atoms with E-state index < -0.39 is 12.7 Å². The second kappa shape index (κ2) is 8.37. The van der Waals surface area contributed by atoms with Crippen molar-refractivity contribution < 1.29 is 19.9 Å². The molecule has 1 fully saturated rings. The number of amides is 2. The first-order valence-corrected chi connectivity index (χ1v) is 11.0. The van der Waals surface area contributed by atoms with E-state index in [-0.39, 0.29) is 17.3 Å². The van der Waals surface area contributed by atoms with Crippen molar-refractivity contribution in [2.75, 3.05) is 31.8 Å². The largest absolute Gasteiger partial charge is 0.489 e. The highest BCUT2D eigenvalue weighted by molar-refractivity contribution is 7.23. The number of hydrogen-bond acceptors (Lipinski definition) is 9. The number of aliphatic hydroxyl groups is 1. The fraction of sp³-hybridized carbons (Fsp3) is 0.400. The van der Waals surface area contributed by atoms with E-state index in [1.165, 1.54) is 11.3 Å². The molecule has 2 amide bonds. The Kier molecular flexibility index (Phi) is 5.90. The van der Waals surface area contributed by atoms with E-state index in [4.69, 9.17) is 0 Å². The van der Waals surface area contributed by atoms with Gasteiger partial charge in [-0.2, -0.15) is 0 Å². The molecule has 3 N–H and O–H groups in total. The Balaban J connectivity index is 1.78. The van der Waals surface area contributed by atoms with E-state index >= 15 is 0 Å². The molecule has 1 aromatic carbocycles. The van der Waals surface area contributed by atoms with Crippen molar-refractivity contribution in [3.05, 3.63) is 30.4 Å². The molecule has 4 rings (SSSR count). The summed E-state index contributed by atoms with van der Waals surface area (Å²) in [6.07, 6.45) is 3.15. The third-order valence-electron chi connectivity index (χ3n) is 5.23. The molecule has 0 saturated carbocycles. The molecule has 10 nitrogen and oxygen atoms in total. The van der Waals surface area contributed by atoms with Crippen LogP contribution in [-0.2, 0) is 5.60 Å². The molecule has 3 aromatic rings. The van der Waals surface area contributed by atoms with Gasteiger partial charge >= 0.3 is 13.1 Å². The molecule has 0 aliphatic carbocycles. The first-order valence-electron chi connectivity index (χ1n) is 10.2. The summed E-state index contributed by atoms with van der Waals surface area (Å²) in [6, 6.07) is 3.32. The van der Waals surface area contributed by atoms with Gasteiger partial charge in [-0.05, 0) is 39.4 Å². The number of hydrogen-bond donors (Lipinski definition) is 3. The minimum absolute atomic E-state index is 0.133. The number of carbonyl (C=O) groups is 1. The Morgan fingerprint density at radius 3 is 2.44 bits per heavy atom. The zero-order valence-electron chi connectivity index (χ0n) is 18.3. The summed E-state index contributed by atoms with van der Waals surface area (Å²) in [5.41, 5.74) is 0.956. The Morgan fingerprint density at radius 2 is 1.84 bits per heavy atom. The Hall–Kier alpha value is -2.64. The number of aromatic nitrogens is 3. The highest BCUT2D eigenvalue weighted by Crippen LogP contribution is 2.32. The van der Waals surface area contributed by atoms with Crippen LogP contribution in [0.25, 0.3) is 21.3 Å². The normalized spacial score (nSPS) is 15.7. The van der Waals surface area contributed by atoms with E-state index in [1.807, 2.05) is 18.9 Å². The summed E-state index contributed by atoms with van der Waals surface area (Å²) < 4.78 is 0.594. The van der Waals surface area contributed by atoms with E-state index in [0.29, 0.717) is 46.4 Å². The molecule has 12 heteroatoms. The van der Waals surface area contributed by atoms with Crippen LogP contribution in [0, 0.1) is 0 Å². The van der Waals surface area contributed by atoms with E-state index in [1.54, 1.807) is 48.2 Å². The lowest BCUT2D eigenvalue weighted by Gasteiger charge is -2.38. The van der Waals surface area contributed by atoms with Crippen LogP contribution in [0.2, 0.25) is 0 Å². The van der Waals surface area contributed by atoms with Gasteiger partial charge in [-0.3, -0.25) is 9.80 Å². The maximum absolute atomic E-state index is 12.9. The monoisotopic (exact) mass is 456 g/mol. The maximum atomic E-state index is 12.9. The van der Waals surface area contributed by atoms with Crippen molar-refractivity contribution in [1.82, 2.24) is 24.8 Å². The van der Waals surface area contributed by atoms with Crippen LogP contribution in [0.5, 0.6) is 0 Å². The van der Waals surface area contributed by atoms with Gasteiger partial charge in [0.05, 0.1) is 23.6 Å². The second-order valence-electron chi connectivity index (χ2n) is 8.34. The topological polar surface area (TPSA) is 126 Å². The molecular weight excluding hydrogens is 431 g/mol. The minimum Gasteiger partial charge on any atom is -0.423 e. The average Bonchev–Trinajstić information content (AvgIpc) is 3.17. The number of anilines is 1. The highest BCUT2D eigenvalue weighted by Gasteiger charge is 2.31. The molecule has 1 aliphatic heterocycles. The number of rotatable bonds is 5. The van der Waals surface area contributed by atoms with Gasteiger partial charge in [0, 0.05) is 30.0 Å². The van der Waals surface area contributed by atoms with Gasteiger partial charge in [-0.15, -0.1) is 0 Å². The summed E-state index contributed by atoms with van der Waals surface area (Å²) >= 11 is 1.24. The van der Waals surface area contributed by atoms with Crippen LogP contribution in [0.4, 0.5) is 9.93 Å². The van der Waals surface area contributed by atoms with Gasteiger partial charge in [-0.1, -0.05) is 17.4 Å².